The van der Waals surface area contributed by atoms with Crippen LogP contribution in [0.2, 0.25) is 0 Å². The number of unbranched alkanes of at least 4 members (excludes halogenated alkanes) is 1. The zero-order valence-electron chi connectivity index (χ0n) is 9.19. The molecule has 2 aromatic rings. The van der Waals surface area contributed by atoms with E-state index in [9.17, 15) is 4.79 Å². The third kappa shape index (κ3) is 1.91. The van der Waals surface area contributed by atoms with E-state index in [2.05, 4.69) is 11.9 Å². The topological polar surface area (TPSA) is 69.1 Å². The number of nitrogens with two attached hydrogens (primary N) is 1. The van der Waals surface area contributed by atoms with E-state index in [0.29, 0.717) is 22.6 Å². The summed E-state index contributed by atoms with van der Waals surface area (Å²) in [6.07, 6.45) is 2.91. The van der Waals surface area contributed by atoms with Crippen LogP contribution in [0, 0.1) is 0 Å². The minimum absolute atomic E-state index is 0.420. The number of aromatic nitrogens is 1. The Balaban J connectivity index is 2.44. The molecule has 1 heterocycles. The summed E-state index contributed by atoms with van der Waals surface area (Å²) in [6.45, 7) is 2.11. The van der Waals surface area contributed by atoms with Gasteiger partial charge in [0.15, 0.2) is 11.5 Å². The first kappa shape index (κ1) is 10.7. The molecule has 1 aromatic carbocycles. The third-order valence-corrected chi connectivity index (χ3v) is 2.47. The fourth-order valence-corrected chi connectivity index (χ4v) is 1.63. The molecule has 4 nitrogen and oxygen atoms in total. The van der Waals surface area contributed by atoms with Crippen molar-refractivity contribution in [1.82, 2.24) is 4.98 Å². The van der Waals surface area contributed by atoms with E-state index in [1.807, 2.05) is 0 Å². The van der Waals surface area contributed by atoms with Crippen LogP contribution in [0.15, 0.2) is 22.6 Å². The maximum Gasteiger partial charge on any atom is 0.251 e. The lowest BCUT2D eigenvalue weighted by atomic mass is 10.2. The number of amides is 1. The number of fused-ring (bicyclic) bond motifs is 1. The highest BCUT2D eigenvalue weighted by Gasteiger charge is 2.12. The fraction of sp³-hybridized carbons (Fsp3) is 0.333. The van der Waals surface area contributed by atoms with Gasteiger partial charge in [-0.25, -0.2) is 4.98 Å². The van der Waals surface area contributed by atoms with Crippen LogP contribution >= 0.6 is 0 Å². The van der Waals surface area contributed by atoms with Gasteiger partial charge in [-0.15, -0.1) is 0 Å². The highest BCUT2D eigenvalue weighted by atomic mass is 16.3. The summed E-state index contributed by atoms with van der Waals surface area (Å²) in [5.41, 5.74) is 6.89. The second kappa shape index (κ2) is 4.35. The van der Waals surface area contributed by atoms with Gasteiger partial charge < -0.3 is 10.2 Å². The highest BCUT2D eigenvalue weighted by Crippen LogP contribution is 2.20. The zero-order valence-corrected chi connectivity index (χ0v) is 9.19. The van der Waals surface area contributed by atoms with Crippen molar-refractivity contribution < 1.29 is 9.21 Å². The first-order valence-electron chi connectivity index (χ1n) is 5.40. The summed E-state index contributed by atoms with van der Waals surface area (Å²) in [7, 11) is 0. The summed E-state index contributed by atoms with van der Waals surface area (Å²) >= 11 is 0. The van der Waals surface area contributed by atoms with E-state index < -0.39 is 5.91 Å². The summed E-state index contributed by atoms with van der Waals surface area (Å²) in [5.74, 6) is 0.200. The summed E-state index contributed by atoms with van der Waals surface area (Å²) in [6, 6.07) is 5.21. The minimum Gasteiger partial charge on any atom is -0.441 e. The molecule has 1 aromatic heterocycles. The van der Waals surface area contributed by atoms with Crippen LogP contribution in [-0.4, -0.2) is 10.9 Å². The number of rotatable bonds is 4. The van der Waals surface area contributed by atoms with Gasteiger partial charge in [0.05, 0.1) is 5.56 Å². The number of hydrogen-bond acceptors (Lipinski definition) is 3. The predicted octanol–water partition coefficient (Wildman–Crippen LogP) is 2.27. The Morgan fingerprint density at radius 3 is 3.00 bits per heavy atom. The lowest BCUT2D eigenvalue weighted by Gasteiger charge is -1.93. The number of nitrogens with zero attached hydrogens (tertiary/aromatic N) is 1. The summed E-state index contributed by atoms with van der Waals surface area (Å²) < 4.78 is 5.54. The standard InChI is InChI=1S/C12H14N2O2/c1-2-3-7-10-14-11-8(12(13)15)5-4-6-9(11)16-10/h4-6H,2-3,7H2,1H3,(H2,13,15). The summed E-state index contributed by atoms with van der Waals surface area (Å²) in [4.78, 5) is 15.5. The number of primary amides is 1. The molecule has 16 heavy (non-hydrogen) atoms. The molecule has 2 N–H and O–H groups in total. The molecule has 0 unspecified atom stereocenters. The fourth-order valence-electron chi connectivity index (χ4n) is 1.63. The Hall–Kier alpha value is -1.84. The quantitative estimate of drug-likeness (QED) is 0.855. The van der Waals surface area contributed by atoms with Gasteiger partial charge in [0, 0.05) is 6.42 Å². The molecule has 0 fully saturated rings. The van der Waals surface area contributed by atoms with Gasteiger partial charge in [-0.2, -0.15) is 0 Å². The molecule has 0 aliphatic carbocycles. The number of carbonyl (C=O) groups is 1. The molecule has 0 spiro atoms. The Kier molecular flexibility index (Phi) is 2.90. The van der Waals surface area contributed by atoms with Gasteiger partial charge in [0.2, 0.25) is 0 Å². The molecule has 2 rings (SSSR count). The largest absolute Gasteiger partial charge is 0.441 e. The van der Waals surface area contributed by atoms with Gasteiger partial charge in [-0.3, -0.25) is 4.79 Å². The molecule has 0 aliphatic rings. The predicted molar refractivity (Wildman–Crippen MR) is 61.1 cm³/mol. The molecule has 0 aliphatic heterocycles. The lowest BCUT2D eigenvalue weighted by molar-refractivity contribution is 0.100. The smallest absolute Gasteiger partial charge is 0.251 e. The number of oxazole rings is 1. The van der Waals surface area contributed by atoms with Crippen LogP contribution < -0.4 is 5.73 Å². The van der Waals surface area contributed by atoms with Crippen molar-refractivity contribution in [3.63, 3.8) is 0 Å². The normalized spacial score (nSPS) is 10.8. The Morgan fingerprint density at radius 2 is 2.31 bits per heavy atom. The Morgan fingerprint density at radius 1 is 1.50 bits per heavy atom. The van der Waals surface area contributed by atoms with Crippen molar-refractivity contribution >= 4 is 17.0 Å². The first-order valence-corrected chi connectivity index (χ1v) is 5.40. The Labute approximate surface area is 93.5 Å². The first-order chi connectivity index (χ1) is 7.72. The number of para-hydroxylation sites is 1. The lowest BCUT2D eigenvalue weighted by Crippen LogP contribution is -2.11. The molecular formula is C12H14N2O2. The zero-order chi connectivity index (χ0) is 11.5. The van der Waals surface area contributed by atoms with Gasteiger partial charge >= 0.3 is 0 Å². The van der Waals surface area contributed by atoms with Crippen molar-refractivity contribution in [2.24, 2.45) is 5.73 Å². The average molecular weight is 218 g/mol. The van der Waals surface area contributed by atoms with Crippen LogP contribution in [-0.2, 0) is 6.42 Å². The van der Waals surface area contributed by atoms with E-state index >= 15 is 0 Å². The van der Waals surface area contributed by atoms with Gasteiger partial charge in [-0.1, -0.05) is 19.4 Å². The molecule has 0 radical (unpaired) electrons. The van der Waals surface area contributed by atoms with Gasteiger partial charge in [0.1, 0.15) is 5.52 Å². The van der Waals surface area contributed by atoms with E-state index in [-0.39, 0.29) is 0 Å². The van der Waals surface area contributed by atoms with Crippen molar-refractivity contribution in [2.75, 3.05) is 0 Å². The van der Waals surface area contributed by atoms with Crippen LogP contribution in [0.4, 0.5) is 0 Å². The SMILES string of the molecule is CCCCc1nc2c(C(N)=O)cccc2o1. The number of hydrogen-bond donors (Lipinski definition) is 1. The minimum atomic E-state index is -0.471. The number of carbonyl (C=O) groups excluding carboxylic acids is 1. The second-order valence-electron chi connectivity index (χ2n) is 3.73. The van der Waals surface area contributed by atoms with Crippen LogP contribution in [0.1, 0.15) is 36.0 Å². The van der Waals surface area contributed by atoms with Gasteiger partial charge in [-0.05, 0) is 18.6 Å². The van der Waals surface area contributed by atoms with E-state index in [1.54, 1.807) is 18.2 Å². The van der Waals surface area contributed by atoms with Gasteiger partial charge in [0.25, 0.3) is 5.91 Å². The highest BCUT2D eigenvalue weighted by molar-refractivity contribution is 6.03. The van der Waals surface area contributed by atoms with E-state index in [4.69, 9.17) is 10.2 Å². The maximum absolute atomic E-state index is 11.2. The molecule has 84 valence electrons. The van der Waals surface area contributed by atoms with Crippen LogP contribution in [0.25, 0.3) is 11.1 Å². The number of aryl methyl sites for hydroxylation is 1. The Bertz CT molecular complexity index is 517. The molecule has 0 saturated heterocycles. The average Bonchev–Trinajstić information content (AvgIpc) is 2.68. The van der Waals surface area contributed by atoms with Crippen molar-refractivity contribution in [3.05, 3.63) is 29.7 Å². The van der Waals surface area contributed by atoms with Crippen molar-refractivity contribution in [3.8, 4) is 0 Å². The van der Waals surface area contributed by atoms with Crippen LogP contribution in [0.5, 0.6) is 0 Å². The van der Waals surface area contributed by atoms with Crippen molar-refractivity contribution in [2.45, 2.75) is 26.2 Å². The maximum atomic E-state index is 11.2. The van der Waals surface area contributed by atoms with Crippen LogP contribution in [0.3, 0.4) is 0 Å². The molecule has 0 atom stereocenters. The molecule has 1 amide bonds. The summed E-state index contributed by atoms with van der Waals surface area (Å²) in [5, 5.41) is 0. The third-order valence-electron chi connectivity index (χ3n) is 2.47. The van der Waals surface area contributed by atoms with E-state index in [0.717, 1.165) is 19.3 Å². The second-order valence-corrected chi connectivity index (χ2v) is 3.73. The van der Waals surface area contributed by atoms with E-state index in [1.165, 1.54) is 0 Å². The molecular weight excluding hydrogens is 204 g/mol. The van der Waals surface area contributed by atoms with Crippen molar-refractivity contribution in [1.29, 1.82) is 0 Å². The number of benzene rings is 1. The molecule has 4 heteroatoms. The molecule has 0 saturated carbocycles. The molecule has 0 bridgehead atoms. The monoisotopic (exact) mass is 218 g/mol.